The molecule has 0 bridgehead atoms. The molecule has 0 unspecified atom stereocenters. The second-order valence-electron chi connectivity index (χ2n) is 5.75. The maximum Gasteiger partial charge on any atom is 0.0207 e. The number of benzene rings is 1. The average Bonchev–Trinajstić information content (AvgIpc) is 2.83. The fourth-order valence-corrected chi connectivity index (χ4v) is 3.42. The number of halogens is 1. The Balaban J connectivity index is 1.86. The number of hydrogen-bond donors (Lipinski definition) is 1. The monoisotopic (exact) mass is 309 g/mol. The summed E-state index contributed by atoms with van der Waals surface area (Å²) in [5.74, 6) is 0. The van der Waals surface area contributed by atoms with Gasteiger partial charge in [-0.2, -0.15) is 0 Å². The van der Waals surface area contributed by atoms with E-state index in [2.05, 4.69) is 53.3 Å². The van der Waals surface area contributed by atoms with Crippen LogP contribution in [0.2, 0.25) is 0 Å². The first-order chi connectivity index (χ1) is 8.65. The zero-order chi connectivity index (χ0) is 13.0. The Hall–Kier alpha value is -0.340. The van der Waals surface area contributed by atoms with Crippen LogP contribution in [0.25, 0.3) is 0 Å². The summed E-state index contributed by atoms with van der Waals surface area (Å²) in [6.45, 7) is 6.64. The van der Waals surface area contributed by atoms with Crippen molar-refractivity contribution in [2.75, 3.05) is 6.54 Å². The van der Waals surface area contributed by atoms with Gasteiger partial charge in [0.15, 0.2) is 0 Å². The topological polar surface area (TPSA) is 12.0 Å². The standard InChI is InChI=1S/C16H24BrN/c1-3-16(8-4-5-9-16)12-18-11-14-7-6-13(2)15(17)10-14/h6-7,10,18H,3-5,8-9,11-12H2,1-2H3. The number of aryl methyl sites for hydroxylation is 1. The van der Waals surface area contributed by atoms with Crippen molar-refractivity contribution in [3.05, 3.63) is 33.8 Å². The second kappa shape index (κ2) is 6.21. The normalized spacial score (nSPS) is 18.2. The van der Waals surface area contributed by atoms with Gasteiger partial charge >= 0.3 is 0 Å². The summed E-state index contributed by atoms with van der Waals surface area (Å²) in [6, 6.07) is 6.64. The van der Waals surface area contributed by atoms with Gasteiger partial charge in [-0.05, 0) is 48.8 Å². The van der Waals surface area contributed by atoms with E-state index in [0.717, 1.165) is 6.54 Å². The first kappa shape index (κ1) is 14.1. The second-order valence-corrected chi connectivity index (χ2v) is 6.60. The van der Waals surface area contributed by atoms with E-state index in [9.17, 15) is 0 Å². The van der Waals surface area contributed by atoms with Gasteiger partial charge in [0.05, 0.1) is 0 Å². The van der Waals surface area contributed by atoms with Crippen molar-refractivity contribution in [3.8, 4) is 0 Å². The van der Waals surface area contributed by atoms with Gasteiger partial charge in [0, 0.05) is 17.6 Å². The van der Waals surface area contributed by atoms with Gasteiger partial charge in [0.2, 0.25) is 0 Å². The first-order valence-electron chi connectivity index (χ1n) is 7.11. The summed E-state index contributed by atoms with van der Waals surface area (Å²) < 4.78 is 1.22. The molecule has 1 aromatic rings. The van der Waals surface area contributed by atoms with Crippen LogP contribution in [0.1, 0.15) is 50.2 Å². The Bertz CT molecular complexity index is 394. The lowest BCUT2D eigenvalue weighted by Crippen LogP contribution is -2.31. The molecule has 0 amide bonds. The van der Waals surface area contributed by atoms with E-state index < -0.39 is 0 Å². The Labute approximate surface area is 119 Å². The third kappa shape index (κ3) is 3.36. The molecule has 0 atom stereocenters. The fraction of sp³-hybridized carbons (Fsp3) is 0.625. The van der Waals surface area contributed by atoms with Crippen molar-refractivity contribution in [3.63, 3.8) is 0 Å². The van der Waals surface area contributed by atoms with E-state index in [-0.39, 0.29) is 0 Å². The van der Waals surface area contributed by atoms with E-state index in [1.807, 2.05) is 0 Å². The van der Waals surface area contributed by atoms with Crippen LogP contribution in [0.3, 0.4) is 0 Å². The third-order valence-electron chi connectivity index (χ3n) is 4.48. The Morgan fingerprint density at radius 3 is 2.61 bits per heavy atom. The lowest BCUT2D eigenvalue weighted by molar-refractivity contribution is 0.268. The predicted molar refractivity (Wildman–Crippen MR) is 81.8 cm³/mol. The molecule has 1 aliphatic carbocycles. The van der Waals surface area contributed by atoms with Crippen LogP contribution in [-0.4, -0.2) is 6.54 Å². The minimum atomic E-state index is 0.585. The zero-order valence-corrected chi connectivity index (χ0v) is 13.1. The van der Waals surface area contributed by atoms with Crippen LogP contribution in [0.15, 0.2) is 22.7 Å². The van der Waals surface area contributed by atoms with Gasteiger partial charge in [0.25, 0.3) is 0 Å². The maximum atomic E-state index is 3.66. The highest BCUT2D eigenvalue weighted by molar-refractivity contribution is 9.10. The average molecular weight is 310 g/mol. The molecule has 0 radical (unpaired) electrons. The molecule has 1 aliphatic rings. The molecule has 1 fully saturated rings. The molecule has 0 saturated heterocycles. The SMILES string of the molecule is CCC1(CNCc2ccc(C)c(Br)c2)CCCC1. The van der Waals surface area contributed by atoms with Crippen LogP contribution in [0.5, 0.6) is 0 Å². The van der Waals surface area contributed by atoms with Crippen LogP contribution in [-0.2, 0) is 6.54 Å². The summed E-state index contributed by atoms with van der Waals surface area (Å²) in [6.07, 6.45) is 6.98. The van der Waals surface area contributed by atoms with Crippen LogP contribution < -0.4 is 5.32 Å². The number of nitrogens with one attached hydrogen (secondary N) is 1. The maximum absolute atomic E-state index is 3.66. The van der Waals surface area contributed by atoms with Crippen molar-refractivity contribution in [1.29, 1.82) is 0 Å². The molecule has 0 spiro atoms. The largest absolute Gasteiger partial charge is 0.312 e. The van der Waals surface area contributed by atoms with Crippen molar-refractivity contribution in [2.24, 2.45) is 5.41 Å². The summed E-state index contributed by atoms with van der Waals surface area (Å²) in [4.78, 5) is 0. The van der Waals surface area contributed by atoms with Crippen molar-refractivity contribution in [2.45, 2.75) is 52.5 Å². The molecule has 2 heteroatoms. The molecule has 2 rings (SSSR count). The molecule has 1 N–H and O–H groups in total. The Kier molecular flexibility index (Phi) is 4.85. The zero-order valence-electron chi connectivity index (χ0n) is 11.6. The van der Waals surface area contributed by atoms with Gasteiger partial charge < -0.3 is 5.32 Å². The third-order valence-corrected chi connectivity index (χ3v) is 5.33. The van der Waals surface area contributed by atoms with Gasteiger partial charge in [0.1, 0.15) is 0 Å². The van der Waals surface area contributed by atoms with E-state index >= 15 is 0 Å². The van der Waals surface area contributed by atoms with Crippen LogP contribution >= 0.6 is 15.9 Å². The highest BCUT2D eigenvalue weighted by Gasteiger charge is 2.31. The minimum absolute atomic E-state index is 0.585. The molecule has 0 heterocycles. The van der Waals surface area contributed by atoms with Crippen molar-refractivity contribution >= 4 is 15.9 Å². The highest BCUT2D eigenvalue weighted by Crippen LogP contribution is 2.40. The van der Waals surface area contributed by atoms with Crippen LogP contribution in [0, 0.1) is 12.3 Å². The molecule has 100 valence electrons. The van der Waals surface area contributed by atoms with E-state index in [4.69, 9.17) is 0 Å². The Morgan fingerprint density at radius 2 is 2.00 bits per heavy atom. The van der Waals surface area contributed by atoms with E-state index in [1.165, 1.54) is 54.2 Å². The molecule has 0 aromatic heterocycles. The predicted octanol–water partition coefficient (Wildman–Crippen LogP) is 4.82. The quantitative estimate of drug-likeness (QED) is 0.822. The Morgan fingerprint density at radius 1 is 1.28 bits per heavy atom. The van der Waals surface area contributed by atoms with Crippen molar-refractivity contribution in [1.82, 2.24) is 5.32 Å². The molecular weight excluding hydrogens is 286 g/mol. The lowest BCUT2D eigenvalue weighted by Gasteiger charge is -2.27. The van der Waals surface area contributed by atoms with Gasteiger partial charge in [-0.1, -0.05) is 47.8 Å². The van der Waals surface area contributed by atoms with E-state index in [0.29, 0.717) is 5.41 Å². The number of hydrogen-bond acceptors (Lipinski definition) is 1. The molecule has 1 aromatic carbocycles. The summed E-state index contributed by atoms with van der Waals surface area (Å²) >= 11 is 3.60. The first-order valence-corrected chi connectivity index (χ1v) is 7.90. The van der Waals surface area contributed by atoms with E-state index in [1.54, 1.807) is 0 Å². The van der Waals surface area contributed by atoms with Gasteiger partial charge in [-0.25, -0.2) is 0 Å². The van der Waals surface area contributed by atoms with Gasteiger partial charge in [-0.3, -0.25) is 0 Å². The minimum Gasteiger partial charge on any atom is -0.312 e. The summed E-state index contributed by atoms with van der Waals surface area (Å²) in [7, 11) is 0. The molecule has 18 heavy (non-hydrogen) atoms. The van der Waals surface area contributed by atoms with Crippen molar-refractivity contribution < 1.29 is 0 Å². The van der Waals surface area contributed by atoms with Crippen LogP contribution in [0.4, 0.5) is 0 Å². The lowest BCUT2D eigenvalue weighted by atomic mass is 9.83. The highest BCUT2D eigenvalue weighted by atomic mass is 79.9. The number of rotatable bonds is 5. The fourth-order valence-electron chi connectivity index (χ4n) is 3.00. The molecule has 0 aliphatic heterocycles. The summed E-state index contributed by atoms with van der Waals surface area (Å²) in [5.41, 5.74) is 3.26. The molecule has 1 nitrogen and oxygen atoms in total. The molecular formula is C16H24BrN. The van der Waals surface area contributed by atoms with Gasteiger partial charge in [-0.15, -0.1) is 0 Å². The smallest absolute Gasteiger partial charge is 0.0207 e. The summed E-state index contributed by atoms with van der Waals surface area (Å²) in [5, 5.41) is 3.66. The molecule has 1 saturated carbocycles.